The van der Waals surface area contributed by atoms with Gasteiger partial charge in [0.1, 0.15) is 11.5 Å². The highest BCUT2D eigenvalue weighted by Gasteiger charge is 2.33. The molecule has 0 amide bonds. The molecule has 0 saturated heterocycles. The quantitative estimate of drug-likeness (QED) is 0.749. The molecule has 0 spiro atoms. The number of hydrogen-bond donors (Lipinski definition) is 0. The van der Waals surface area contributed by atoms with Crippen molar-refractivity contribution in [2.45, 2.75) is 24.2 Å². The van der Waals surface area contributed by atoms with Crippen molar-refractivity contribution in [3.63, 3.8) is 0 Å². The molecule has 5 heteroatoms. The van der Waals surface area contributed by atoms with E-state index in [1.807, 2.05) is 6.26 Å². The van der Waals surface area contributed by atoms with Crippen molar-refractivity contribution in [1.29, 1.82) is 0 Å². The molecule has 0 N–H and O–H groups in total. The number of alkyl halides is 2. The van der Waals surface area contributed by atoms with Crippen LogP contribution < -0.4 is 9.47 Å². The van der Waals surface area contributed by atoms with E-state index >= 15 is 0 Å². The van der Waals surface area contributed by atoms with Crippen molar-refractivity contribution in [3.05, 3.63) is 17.7 Å². The first-order valence-corrected chi connectivity index (χ1v) is 6.41. The van der Waals surface area contributed by atoms with Crippen LogP contribution in [0.2, 0.25) is 0 Å². The number of benzene rings is 1. The van der Waals surface area contributed by atoms with E-state index in [-0.39, 0.29) is 17.7 Å². The maximum absolute atomic E-state index is 13.7. The van der Waals surface area contributed by atoms with Gasteiger partial charge in [0.25, 0.3) is 5.92 Å². The molecule has 0 aliphatic heterocycles. The van der Waals surface area contributed by atoms with Crippen molar-refractivity contribution < 1.29 is 18.3 Å². The van der Waals surface area contributed by atoms with Gasteiger partial charge in [-0.05, 0) is 18.4 Å². The second-order valence-corrected chi connectivity index (χ2v) is 4.31. The van der Waals surface area contributed by atoms with E-state index in [4.69, 9.17) is 9.47 Å². The van der Waals surface area contributed by atoms with E-state index in [1.165, 1.54) is 39.0 Å². The summed E-state index contributed by atoms with van der Waals surface area (Å²) in [5.41, 5.74) is -0.128. The molecule has 17 heavy (non-hydrogen) atoms. The van der Waals surface area contributed by atoms with E-state index < -0.39 is 5.92 Å². The van der Waals surface area contributed by atoms with Gasteiger partial charge in [-0.15, -0.1) is 11.8 Å². The van der Waals surface area contributed by atoms with E-state index in [0.717, 1.165) is 4.90 Å². The summed E-state index contributed by atoms with van der Waals surface area (Å²) in [7, 11) is 2.86. The predicted octanol–water partition coefficient (Wildman–Crippen LogP) is 3.93. The molecule has 0 aliphatic rings. The minimum atomic E-state index is -2.91. The fourth-order valence-electron chi connectivity index (χ4n) is 1.51. The lowest BCUT2D eigenvalue weighted by molar-refractivity contribution is -0.0107. The lowest BCUT2D eigenvalue weighted by Crippen LogP contribution is -2.13. The van der Waals surface area contributed by atoms with E-state index in [0.29, 0.717) is 5.75 Å². The van der Waals surface area contributed by atoms with Gasteiger partial charge in [-0.2, -0.15) is 0 Å². The highest BCUT2D eigenvalue weighted by atomic mass is 32.2. The Hall–Kier alpha value is -0.970. The van der Waals surface area contributed by atoms with Gasteiger partial charge in [-0.25, -0.2) is 8.78 Å². The Kier molecular flexibility index (Phi) is 4.62. The Morgan fingerprint density at radius 3 is 2.18 bits per heavy atom. The van der Waals surface area contributed by atoms with Crippen molar-refractivity contribution in [2.24, 2.45) is 0 Å². The first kappa shape index (κ1) is 14.1. The summed E-state index contributed by atoms with van der Waals surface area (Å²) in [4.78, 5) is 0.778. The Bertz CT molecular complexity index is 394. The zero-order valence-corrected chi connectivity index (χ0v) is 11.2. The Balaban J connectivity index is 3.38. The molecule has 2 nitrogen and oxygen atoms in total. The zero-order valence-electron chi connectivity index (χ0n) is 10.3. The summed E-state index contributed by atoms with van der Waals surface area (Å²) in [6, 6.07) is 2.94. The van der Waals surface area contributed by atoms with Crippen molar-refractivity contribution in [2.75, 3.05) is 20.5 Å². The molecule has 1 aromatic rings. The summed E-state index contributed by atoms with van der Waals surface area (Å²) in [6.45, 7) is 1.44. The highest BCUT2D eigenvalue weighted by molar-refractivity contribution is 7.98. The van der Waals surface area contributed by atoms with Crippen LogP contribution in [0, 0.1) is 0 Å². The van der Waals surface area contributed by atoms with Crippen LogP contribution in [0.15, 0.2) is 17.0 Å². The lowest BCUT2D eigenvalue weighted by Gasteiger charge is -2.20. The molecule has 0 aliphatic carbocycles. The van der Waals surface area contributed by atoms with Crippen LogP contribution in [0.25, 0.3) is 0 Å². The second-order valence-electron chi connectivity index (χ2n) is 3.47. The van der Waals surface area contributed by atoms with Gasteiger partial charge in [0.15, 0.2) is 0 Å². The number of methoxy groups -OCH3 is 2. The van der Waals surface area contributed by atoms with E-state index in [1.54, 1.807) is 6.07 Å². The molecule has 0 radical (unpaired) electrons. The number of ether oxygens (including phenoxy) is 2. The highest BCUT2D eigenvalue weighted by Crippen LogP contribution is 2.43. The Labute approximate surface area is 104 Å². The van der Waals surface area contributed by atoms with Gasteiger partial charge in [0, 0.05) is 6.42 Å². The number of rotatable bonds is 5. The lowest BCUT2D eigenvalue weighted by atomic mass is 10.0. The van der Waals surface area contributed by atoms with Crippen LogP contribution in [0.1, 0.15) is 18.9 Å². The van der Waals surface area contributed by atoms with Gasteiger partial charge in [-0.1, -0.05) is 6.92 Å². The number of thioether (sulfide) groups is 1. The number of halogens is 2. The molecule has 0 aromatic heterocycles. The third kappa shape index (κ3) is 2.83. The van der Waals surface area contributed by atoms with E-state index in [2.05, 4.69) is 0 Å². The second kappa shape index (κ2) is 5.58. The minimum absolute atomic E-state index is 0.128. The van der Waals surface area contributed by atoms with Crippen LogP contribution in [0.3, 0.4) is 0 Å². The summed E-state index contributed by atoms with van der Waals surface area (Å²) in [5.74, 6) is -2.27. The molecular formula is C12H16F2O2S. The summed E-state index contributed by atoms with van der Waals surface area (Å²) in [6.07, 6.45) is 1.58. The van der Waals surface area contributed by atoms with Crippen LogP contribution in [-0.2, 0) is 5.92 Å². The maximum Gasteiger partial charge on any atom is 0.276 e. The topological polar surface area (TPSA) is 18.5 Å². The largest absolute Gasteiger partial charge is 0.496 e. The third-order valence-electron chi connectivity index (χ3n) is 2.54. The molecule has 0 unspecified atom stereocenters. The minimum Gasteiger partial charge on any atom is -0.496 e. The fourth-order valence-corrected chi connectivity index (χ4v) is 2.07. The first-order chi connectivity index (χ1) is 8.00. The third-order valence-corrected chi connectivity index (χ3v) is 3.30. The molecule has 0 fully saturated rings. The van der Waals surface area contributed by atoms with Crippen LogP contribution in [0.5, 0.6) is 11.5 Å². The zero-order chi connectivity index (χ0) is 13.1. The van der Waals surface area contributed by atoms with Crippen molar-refractivity contribution in [1.82, 2.24) is 0 Å². The average molecular weight is 262 g/mol. The van der Waals surface area contributed by atoms with Gasteiger partial charge in [0.05, 0.1) is 24.7 Å². The van der Waals surface area contributed by atoms with Crippen LogP contribution in [0.4, 0.5) is 8.78 Å². The molecule has 1 aromatic carbocycles. The molecule has 0 heterocycles. The van der Waals surface area contributed by atoms with Gasteiger partial charge >= 0.3 is 0 Å². The number of hydrogen-bond acceptors (Lipinski definition) is 3. The molecular weight excluding hydrogens is 246 g/mol. The van der Waals surface area contributed by atoms with Gasteiger partial charge in [-0.3, -0.25) is 0 Å². The molecule has 0 saturated carbocycles. The maximum atomic E-state index is 13.7. The average Bonchev–Trinajstić information content (AvgIpc) is 2.36. The predicted molar refractivity (Wildman–Crippen MR) is 65.5 cm³/mol. The van der Waals surface area contributed by atoms with Gasteiger partial charge < -0.3 is 9.47 Å². The molecule has 96 valence electrons. The van der Waals surface area contributed by atoms with Crippen molar-refractivity contribution >= 4 is 11.8 Å². The van der Waals surface area contributed by atoms with Crippen LogP contribution >= 0.6 is 11.8 Å². The molecule has 0 atom stereocenters. The van der Waals surface area contributed by atoms with Crippen molar-refractivity contribution in [3.8, 4) is 11.5 Å². The monoisotopic (exact) mass is 262 g/mol. The first-order valence-electron chi connectivity index (χ1n) is 5.18. The Morgan fingerprint density at radius 1 is 1.18 bits per heavy atom. The van der Waals surface area contributed by atoms with E-state index in [9.17, 15) is 8.78 Å². The summed E-state index contributed by atoms with van der Waals surface area (Å²) in [5, 5.41) is 0. The normalized spacial score (nSPS) is 11.4. The summed E-state index contributed by atoms with van der Waals surface area (Å²) < 4.78 is 37.6. The summed E-state index contributed by atoms with van der Waals surface area (Å²) >= 11 is 1.43. The molecule has 0 bridgehead atoms. The SMILES string of the molecule is CCC(F)(F)c1cc(OC)c(SC)cc1OC. The van der Waals surface area contributed by atoms with Crippen LogP contribution in [-0.4, -0.2) is 20.5 Å². The standard InChI is InChI=1S/C12H16F2O2S/c1-5-12(13,14)8-6-10(16-3)11(17-4)7-9(8)15-2/h6-7H,5H2,1-4H3. The smallest absolute Gasteiger partial charge is 0.276 e. The fraction of sp³-hybridized carbons (Fsp3) is 0.500. The molecule has 1 rings (SSSR count). The van der Waals surface area contributed by atoms with Gasteiger partial charge in [0.2, 0.25) is 0 Å². The Morgan fingerprint density at radius 2 is 1.76 bits per heavy atom.